The first kappa shape index (κ1) is 47.1. The fraction of sp³-hybridized carbons (Fsp3) is 0.344. The quantitative estimate of drug-likeness (QED) is 0.154. The molecule has 0 saturated heterocycles. The molecule has 2 aliphatic rings. The maximum Gasteiger partial charge on any atom is 0.252 e. The summed E-state index contributed by atoms with van der Waals surface area (Å²) in [7, 11) is 0. The lowest BCUT2D eigenvalue weighted by molar-refractivity contribution is 0.586. The Morgan fingerprint density at radius 1 is 0.382 bits per heavy atom. The third-order valence-electron chi connectivity index (χ3n) is 14.4. The predicted octanol–water partition coefficient (Wildman–Crippen LogP) is 16.3. The second-order valence-electron chi connectivity index (χ2n) is 24.6. The standard InChI is InChI=1S/C64H74BN3/c1-17-42-28-26-34-49-58(42)67(53-38-24-20-31-46(53)62(8,9)10)55-40-43(66(51-36-22-18-29-44(51)60(2,3)4)52-37-23-19-30-45(52)61(5,6)7)41-56-57(55)65(49)50-35-27-33-48(64(14,15)16)59(50)68(56)54-39-25-21-32-47(54)63(11,12)13/h18-41H,17H2,1-16H3. The molecule has 7 aromatic rings. The van der Waals surface area contributed by atoms with E-state index in [0.29, 0.717) is 0 Å². The van der Waals surface area contributed by atoms with Crippen LogP contribution in [0.3, 0.4) is 0 Å². The summed E-state index contributed by atoms with van der Waals surface area (Å²) in [6.45, 7) is 37.8. The molecule has 0 spiro atoms. The van der Waals surface area contributed by atoms with Crippen molar-refractivity contribution in [2.24, 2.45) is 0 Å². The average Bonchev–Trinajstić information content (AvgIpc) is 3.27. The number of rotatable bonds is 6. The van der Waals surface area contributed by atoms with Crippen LogP contribution in [0.15, 0.2) is 146 Å². The van der Waals surface area contributed by atoms with Crippen LogP contribution >= 0.6 is 0 Å². The Morgan fingerprint density at radius 3 is 1.19 bits per heavy atom. The van der Waals surface area contributed by atoms with E-state index in [1.807, 2.05) is 0 Å². The highest BCUT2D eigenvalue weighted by atomic mass is 15.2. The molecule has 4 heteroatoms. The molecule has 0 radical (unpaired) electrons. The number of fused-ring (bicyclic) bond motifs is 4. The molecule has 2 aliphatic heterocycles. The van der Waals surface area contributed by atoms with Crippen LogP contribution in [0, 0.1) is 0 Å². The molecular formula is C64H74BN3. The highest BCUT2D eigenvalue weighted by Gasteiger charge is 2.47. The van der Waals surface area contributed by atoms with Crippen LogP contribution in [0.1, 0.15) is 144 Å². The fourth-order valence-electron chi connectivity index (χ4n) is 11.3. The molecule has 7 aromatic carbocycles. The smallest absolute Gasteiger partial charge is 0.252 e. The third-order valence-corrected chi connectivity index (χ3v) is 14.4. The van der Waals surface area contributed by atoms with Gasteiger partial charge in [0.1, 0.15) is 0 Å². The Hall–Kier alpha value is -6.00. The third kappa shape index (κ3) is 7.96. The van der Waals surface area contributed by atoms with Gasteiger partial charge >= 0.3 is 0 Å². The molecule has 0 aromatic heterocycles. The fourth-order valence-corrected chi connectivity index (χ4v) is 11.3. The number of hydrogen-bond donors (Lipinski definition) is 0. The molecule has 2 heterocycles. The van der Waals surface area contributed by atoms with E-state index in [1.54, 1.807) is 0 Å². The van der Waals surface area contributed by atoms with Crippen LogP contribution < -0.4 is 31.1 Å². The molecule has 0 saturated carbocycles. The zero-order valence-corrected chi connectivity index (χ0v) is 44.0. The van der Waals surface area contributed by atoms with Gasteiger partial charge in [-0.3, -0.25) is 0 Å². The van der Waals surface area contributed by atoms with Gasteiger partial charge in [-0.15, -0.1) is 0 Å². The molecule has 348 valence electrons. The van der Waals surface area contributed by atoms with E-state index < -0.39 is 0 Å². The SMILES string of the molecule is CCc1cccc2c1N(c1ccccc1C(C)(C)C)c1cc(N(c3ccccc3C(C)(C)C)c3ccccc3C(C)(C)C)cc3c1B2c1cccc(C(C)(C)C)c1N3c1ccccc1C(C)(C)C. The molecular weight excluding hydrogens is 822 g/mol. The van der Waals surface area contributed by atoms with Crippen molar-refractivity contribution >= 4 is 74.3 Å². The molecule has 0 bridgehead atoms. The molecule has 68 heavy (non-hydrogen) atoms. The molecule has 0 amide bonds. The van der Waals surface area contributed by atoms with Crippen LogP contribution in [0.4, 0.5) is 51.2 Å². The second kappa shape index (κ2) is 16.6. The van der Waals surface area contributed by atoms with Gasteiger partial charge in [-0.05, 0) is 120 Å². The average molecular weight is 896 g/mol. The summed E-state index contributed by atoms with van der Waals surface area (Å²) in [5.41, 5.74) is 22.4. The van der Waals surface area contributed by atoms with Gasteiger partial charge in [0.05, 0.1) is 5.69 Å². The van der Waals surface area contributed by atoms with Crippen molar-refractivity contribution in [2.75, 3.05) is 14.7 Å². The van der Waals surface area contributed by atoms with Crippen LogP contribution in [0.25, 0.3) is 0 Å². The molecule has 0 aliphatic carbocycles. The van der Waals surface area contributed by atoms with Gasteiger partial charge in [0.15, 0.2) is 0 Å². The van der Waals surface area contributed by atoms with E-state index in [1.165, 1.54) is 95.3 Å². The molecule has 0 atom stereocenters. The lowest BCUT2D eigenvalue weighted by Crippen LogP contribution is -2.62. The zero-order chi connectivity index (χ0) is 48.9. The maximum atomic E-state index is 2.70. The summed E-state index contributed by atoms with van der Waals surface area (Å²) in [5, 5.41) is 0. The van der Waals surface area contributed by atoms with Crippen LogP contribution in [0.2, 0.25) is 0 Å². The zero-order valence-electron chi connectivity index (χ0n) is 44.0. The summed E-state index contributed by atoms with van der Waals surface area (Å²) in [5.74, 6) is 0. The van der Waals surface area contributed by atoms with Crippen LogP contribution in [-0.4, -0.2) is 6.71 Å². The van der Waals surface area contributed by atoms with Crippen LogP contribution in [0.5, 0.6) is 0 Å². The van der Waals surface area contributed by atoms with Gasteiger partial charge in [-0.2, -0.15) is 0 Å². The maximum absolute atomic E-state index is 2.70. The Bertz CT molecular complexity index is 2990. The summed E-state index contributed by atoms with van der Waals surface area (Å²) in [6.07, 6.45) is 0.913. The topological polar surface area (TPSA) is 9.72 Å². The Kier molecular flexibility index (Phi) is 11.5. The molecule has 0 N–H and O–H groups in total. The first-order valence-electron chi connectivity index (χ1n) is 25.1. The molecule has 3 nitrogen and oxygen atoms in total. The number of aryl methyl sites for hydroxylation is 1. The minimum Gasteiger partial charge on any atom is -0.311 e. The Balaban J connectivity index is 1.55. The Labute approximate surface area is 410 Å². The van der Waals surface area contributed by atoms with Crippen LogP contribution in [-0.2, 0) is 33.5 Å². The van der Waals surface area contributed by atoms with E-state index in [4.69, 9.17) is 0 Å². The van der Waals surface area contributed by atoms with Crippen molar-refractivity contribution in [1.82, 2.24) is 0 Å². The van der Waals surface area contributed by atoms with Gasteiger partial charge in [0.2, 0.25) is 0 Å². The van der Waals surface area contributed by atoms with E-state index in [0.717, 1.165) is 12.1 Å². The van der Waals surface area contributed by atoms with Crippen molar-refractivity contribution in [3.05, 3.63) is 179 Å². The van der Waals surface area contributed by atoms with Crippen molar-refractivity contribution in [2.45, 2.75) is 144 Å². The number of para-hydroxylation sites is 6. The van der Waals surface area contributed by atoms with Gasteiger partial charge in [-0.1, -0.05) is 220 Å². The van der Waals surface area contributed by atoms with Gasteiger partial charge in [0.25, 0.3) is 6.71 Å². The predicted molar refractivity (Wildman–Crippen MR) is 298 cm³/mol. The van der Waals surface area contributed by atoms with E-state index >= 15 is 0 Å². The van der Waals surface area contributed by atoms with Gasteiger partial charge < -0.3 is 14.7 Å². The second-order valence-corrected chi connectivity index (χ2v) is 24.6. The minimum atomic E-state index is -0.151. The number of nitrogens with zero attached hydrogens (tertiary/aromatic N) is 3. The van der Waals surface area contributed by atoms with E-state index in [-0.39, 0.29) is 33.8 Å². The summed E-state index contributed by atoms with van der Waals surface area (Å²) in [4.78, 5) is 7.99. The monoisotopic (exact) mass is 896 g/mol. The molecule has 0 fully saturated rings. The normalized spacial score (nSPS) is 13.9. The van der Waals surface area contributed by atoms with Gasteiger partial charge in [0, 0.05) is 45.5 Å². The summed E-state index contributed by atoms with van der Waals surface area (Å²) >= 11 is 0. The first-order valence-corrected chi connectivity index (χ1v) is 25.1. The highest BCUT2D eigenvalue weighted by Crippen LogP contribution is 2.54. The lowest BCUT2D eigenvalue weighted by atomic mass is 9.33. The minimum absolute atomic E-state index is 0.0129. The number of anilines is 9. The largest absolute Gasteiger partial charge is 0.311 e. The van der Waals surface area contributed by atoms with Crippen molar-refractivity contribution < 1.29 is 0 Å². The van der Waals surface area contributed by atoms with Crippen molar-refractivity contribution in [3.8, 4) is 0 Å². The number of hydrogen-bond acceptors (Lipinski definition) is 3. The number of benzene rings is 7. The van der Waals surface area contributed by atoms with E-state index in [2.05, 4.69) is 271 Å². The first-order chi connectivity index (χ1) is 31.9. The lowest BCUT2D eigenvalue weighted by Gasteiger charge is -2.48. The molecule has 9 rings (SSSR count). The molecule has 0 unspecified atom stereocenters. The Morgan fingerprint density at radius 2 is 0.750 bits per heavy atom. The van der Waals surface area contributed by atoms with Crippen molar-refractivity contribution in [3.63, 3.8) is 0 Å². The highest BCUT2D eigenvalue weighted by molar-refractivity contribution is 7.00. The van der Waals surface area contributed by atoms with Gasteiger partial charge in [-0.25, -0.2) is 0 Å². The summed E-state index contributed by atoms with van der Waals surface area (Å²) < 4.78 is 0. The van der Waals surface area contributed by atoms with E-state index in [9.17, 15) is 0 Å². The van der Waals surface area contributed by atoms with Crippen molar-refractivity contribution in [1.29, 1.82) is 0 Å². The summed E-state index contributed by atoms with van der Waals surface area (Å²) in [6, 6.07) is 56.1.